The monoisotopic (exact) mass is 770 g/mol. The van der Waals surface area contributed by atoms with Gasteiger partial charge in [0, 0.05) is 59.3 Å². The SMILES string of the molecule is CCCCn1c(O)c(C#N)c(C)c(N=Nc2ccc3c(C)cc(=O)oc3c2)c1=O.CCCn1c(O)c(C#N)c(C)c(N=Nc2ccc3c(C)cc(=O)oc3c2)c1=O. The normalized spacial score (nSPS) is 11.2. The number of rotatable bonds is 9. The van der Waals surface area contributed by atoms with Gasteiger partial charge in [0.05, 0.1) is 11.4 Å². The Labute approximate surface area is 324 Å². The van der Waals surface area contributed by atoms with Crippen LogP contribution >= 0.6 is 0 Å². The predicted molar refractivity (Wildman–Crippen MR) is 212 cm³/mol. The van der Waals surface area contributed by atoms with Crippen LogP contribution in [-0.4, -0.2) is 19.3 Å². The van der Waals surface area contributed by atoms with Gasteiger partial charge in [0.1, 0.15) is 34.4 Å². The number of aromatic hydroxyl groups is 2. The van der Waals surface area contributed by atoms with Crippen molar-refractivity contribution in [1.82, 2.24) is 9.13 Å². The molecule has 6 rings (SSSR count). The van der Waals surface area contributed by atoms with Crippen molar-refractivity contribution in [2.24, 2.45) is 20.5 Å². The molecule has 16 nitrogen and oxygen atoms in total. The van der Waals surface area contributed by atoms with Crippen LogP contribution in [0.1, 0.15) is 66.5 Å². The minimum absolute atomic E-state index is 0.00483. The lowest BCUT2D eigenvalue weighted by Crippen LogP contribution is -2.22. The van der Waals surface area contributed by atoms with E-state index in [0.717, 1.165) is 37.5 Å². The fourth-order valence-corrected chi connectivity index (χ4v) is 6.04. The van der Waals surface area contributed by atoms with Crippen molar-refractivity contribution in [3.05, 3.63) is 123 Å². The average molecular weight is 771 g/mol. The number of fused-ring (bicyclic) bond motifs is 2. The Hall–Kier alpha value is -7.46. The molecule has 0 radical (unpaired) electrons. The lowest BCUT2D eigenvalue weighted by molar-refractivity contribution is 0.399. The molecule has 2 N–H and O–H groups in total. The van der Waals surface area contributed by atoms with Gasteiger partial charge in [-0.05, 0) is 75.9 Å². The van der Waals surface area contributed by atoms with Gasteiger partial charge in [-0.2, -0.15) is 20.8 Å². The van der Waals surface area contributed by atoms with Crippen LogP contribution in [0.3, 0.4) is 0 Å². The van der Waals surface area contributed by atoms with E-state index in [1.165, 1.54) is 19.1 Å². The molecule has 16 heteroatoms. The highest BCUT2D eigenvalue weighted by atomic mass is 16.4. The zero-order valence-corrected chi connectivity index (χ0v) is 32.1. The van der Waals surface area contributed by atoms with Crippen LogP contribution < -0.4 is 22.4 Å². The summed E-state index contributed by atoms with van der Waals surface area (Å²) in [6.45, 7) is 11.0. The molecule has 0 aliphatic rings. The highest BCUT2D eigenvalue weighted by Gasteiger charge is 2.20. The zero-order chi connectivity index (χ0) is 41.6. The summed E-state index contributed by atoms with van der Waals surface area (Å²) in [7, 11) is 0. The van der Waals surface area contributed by atoms with Gasteiger partial charge in [-0.1, -0.05) is 20.3 Å². The van der Waals surface area contributed by atoms with E-state index < -0.39 is 22.4 Å². The van der Waals surface area contributed by atoms with Crippen LogP contribution in [-0.2, 0) is 13.1 Å². The van der Waals surface area contributed by atoms with E-state index in [4.69, 9.17) is 8.83 Å². The van der Waals surface area contributed by atoms with Crippen LogP contribution in [0, 0.1) is 50.4 Å². The van der Waals surface area contributed by atoms with Gasteiger partial charge in [-0.3, -0.25) is 18.7 Å². The number of nitrogens with zero attached hydrogens (tertiary/aromatic N) is 8. The molecule has 0 saturated heterocycles. The summed E-state index contributed by atoms with van der Waals surface area (Å²) in [6, 6.07) is 16.6. The van der Waals surface area contributed by atoms with Gasteiger partial charge >= 0.3 is 11.3 Å². The van der Waals surface area contributed by atoms with E-state index in [0.29, 0.717) is 35.4 Å². The largest absolute Gasteiger partial charge is 0.493 e. The number of benzene rings is 2. The molecule has 0 amide bonds. The summed E-state index contributed by atoms with van der Waals surface area (Å²) in [4.78, 5) is 48.6. The second-order valence-corrected chi connectivity index (χ2v) is 13.1. The van der Waals surface area contributed by atoms with Gasteiger partial charge in [0.15, 0.2) is 11.4 Å². The fourth-order valence-electron chi connectivity index (χ4n) is 6.04. The summed E-state index contributed by atoms with van der Waals surface area (Å²) in [5, 5.41) is 57.0. The second kappa shape index (κ2) is 17.3. The van der Waals surface area contributed by atoms with Crippen LogP contribution in [0.25, 0.3) is 21.9 Å². The maximum Gasteiger partial charge on any atom is 0.336 e. The van der Waals surface area contributed by atoms with Crippen molar-refractivity contribution in [1.29, 1.82) is 10.5 Å². The van der Waals surface area contributed by atoms with Crippen molar-refractivity contribution in [3.63, 3.8) is 0 Å². The van der Waals surface area contributed by atoms with E-state index in [2.05, 4.69) is 20.5 Å². The Morgan fingerprint density at radius 3 is 1.42 bits per heavy atom. The Morgan fingerprint density at radius 1 is 0.614 bits per heavy atom. The number of pyridine rings is 2. The Morgan fingerprint density at radius 2 is 1.04 bits per heavy atom. The molecule has 6 aromatic rings. The van der Waals surface area contributed by atoms with E-state index in [-0.39, 0.29) is 58.5 Å². The summed E-state index contributed by atoms with van der Waals surface area (Å²) in [5.41, 5.74) is 1.57. The lowest BCUT2D eigenvalue weighted by Gasteiger charge is -2.12. The summed E-state index contributed by atoms with van der Waals surface area (Å²) < 4.78 is 12.6. The molecular formula is C41H38N8O8. The van der Waals surface area contributed by atoms with E-state index >= 15 is 0 Å². The van der Waals surface area contributed by atoms with Crippen LogP contribution in [0.5, 0.6) is 11.8 Å². The van der Waals surface area contributed by atoms with E-state index in [1.807, 2.05) is 32.9 Å². The zero-order valence-electron chi connectivity index (χ0n) is 32.1. The molecule has 0 saturated carbocycles. The second-order valence-electron chi connectivity index (χ2n) is 13.1. The topological polar surface area (TPSA) is 242 Å². The summed E-state index contributed by atoms with van der Waals surface area (Å²) in [5.74, 6) is -0.723. The first kappa shape index (κ1) is 40.7. The molecular weight excluding hydrogens is 732 g/mol. The molecule has 0 atom stereocenters. The number of hydrogen-bond acceptors (Lipinski definition) is 14. The number of hydrogen-bond donors (Lipinski definition) is 2. The molecule has 290 valence electrons. The lowest BCUT2D eigenvalue weighted by atomic mass is 10.1. The van der Waals surface area contributed by atoms with Gasteiger partial charge in [-0.15, -0.1) is 10.2 Å². The van der Waals surface area contributed by atoms with Gasteiger partial charge < -0.3 is 19.0 Å². The Balaban J connectivity index is 0.000000218. The number of aryl methyl sites for hydroxylation is 2. The van der Waals surface area contributed by atoms with Crippen LogP contribution in [0.4, 0.5) is 22.7 Å². The summed E-state index contributed by atoms with van der Waals surface area (Å²) >= 11 is 0. The first-order valence-corrected chi connectivity index (χ1v) is 17.9. The Kier molecular flexibility index (Phi) is 12.4. The maximum atomic E-state index is 12.8. The Bertz CT molecular complexity index is 2940. The molecule has 57 heavy (non-hydrogen) atoms. The number of aromatic nitrogens is 2. The molecule has 0 bridgehead atoms. The third kappa shape index (κ3) is 8.45. The number of unbranched alkanes of at least 4 members (excludes halogenated alkanes) is 1. The van der Waals surface area contributed by atoms with Crippen molar-refractivity contribution in [3.8, 4) is 23.9 Å². The molecule has 0 fully saturated rings. The highest BCUT2D eigenvalue weighted by molar-refractivity contribution is 5.83. The maximum absolute atomic E-state index is 12.8. The van der Waals surface area contributed by atoms with E-state index in [1.54, 1.807) is 50.2 Å². The predicted octanol–water partition coefficient (Wildman–Crippen LogP) is 8.34. The van der Waals surface area contributed by atoms with Crippen molar-refractivity contribution >= 4 is 44.7 Å². The third-order valence-corrected chi connectivity index (χ3v) is 9.12. The molecule has 0 unspecified atom stereocenters. The molecule has 0 aliphatic carbocycles. The van der Waals surface area contributed by atoms with E-state index in [9.17, 15) is 39.9 Å². The molecule has 2 aromatic carbocycles. The fraction of sp³-hybridized carbons (Fsp3) is 0.268. The standard InChI is InChI=1S/C21H20N4O4.C20H18N4O4/c1-4-5-8-25-20(27)16(11-22)13(3)19(21(25)28)24-23-14-6-7-15-12(2)9-18(26)29-17(15)10-14;1-4-7-24-19(26)15(10-21)12(3)18(20(24)27)23-22-13-5-6-14-11(2)8-17(25)28-16(14)9-13/h6-7,9-10,27H,4-5,8H2,1-3H3;5-6,8-9,26H,4,7H2,1-3H3. The van der Waals surface area contributed by atoms with Crippen molar-refractivity contribution in [2.45, 2.75) is 73.9 Å². The number of nitriles is 2. The molecule has 4 aromatic heterocycles. The van der Waals surface area contributed by atoms with Crippen molar-refractivity contribution < 1.29 is 19.0 Å². The van der Waals surface area contributed by atoms with Crippen molar-refractivity contribution in [2.75, 3.05) is 0 Å². The smallest absolute Gasteiger partial charge is 0.336 e. The van der Waals surface area contributed by atoms with Gasteiger partial charge in [0.25, 0.3) is 11.1 Å². The van der Waals surface area contributed by atoms with Crippen LogP contribution in [0.15, 0.2) is 97.0 Å². The first-order chi connectivity index (χ1) is 27.2. The summed E-state index contributed by atoms with van der Waals surface area (Å²) in [6.07, 6.45) is 2.09. The molecule has 4 heterocycles. The number of azo groups is 2. The molecule has 0 spiro atoms. The minimum Gasteiger partial charge on any atom is -0.493 e. The van der Waals surface area contributed by atoms with Gasteiger partial charge in [0.2, 0.25) is 11.8 Å². The van der Waals surface area contributed by atoms with Gasteiger partial charge in [-0.25, -0.2) is 9.59 Å². The quantitative estimate of drug-likeness (QED) is 0.105. The highest BCUT2D eigenvalue weighted by Crippen LogP contribution is 2.30. The van der Waals surface area contributed by atoms with Crippen LogP contribution in [0.2, 0.25) is 0 Å². The first-order valence-electron chi connectivity index (χ1n) is 17.9. The minimum atomic E-state index is -0.525. The third-order valence-electron chi connectivity index (χ3n) is 9.12. The molecule has 0 aliphatic heterocycles. The average Bonchev–Trinajstić information content (AvgIpc) is 3.16.